The number of benzene rings is 1. The van der Waals surface area contributed by atoms with E-state index in [4.69, 9.17) is 28.2 Å². The van der Waals surface area contributed by atoms with Gasteiger partial charge in [0, 0.05) is 12.2 Å². The number of nitrogens with zero attached hydrogens (tertiary/aromatic N) is 1. The summed E-state index contributed by atoms with van der Waals surface area (Å²) in [5.74, 6) is 1.17. The topological polar surface area (TPSA) is 28.4 Å². The number of furan rings is 1. The smallest absolute Gasteiger partial charge is 0.417 e. The molecular formula is C20H20ClF3N2OS. The van der Waals surface area contributed by atoms with Gasteiger partial charge < -0.3 is 14.6 Å². The molecule has 0 amide bonds. The number of anilines is 1. The van der Waals surface area contributed by atoms with Gasteiger partial charge in [-0.25, -0.2) is 0 Å². The molecule has 150 valence electrons. The maximum Gasteiger partial charge on any atom is 0.417 e. The van der Waals surface area contributed by atoms with Crippen LogP contribution in [0.3, 0.4) is 0 Å². The van der Waals surface area contributed by atoms with E-state index in [1.807, 2.05) is 11.0 Å². The highest BCUT2D eigenvalue weighted by atomic mass is 35.5. The van der Waals surface area contributed by atoms with E-state index in [0.29, 0.717) is 24.1 Å². The summed E-state index contributed by atoms with van der Waals surface area (Å²) in [4.78, 5) is 1.93. The third-order valence-corrected chi connectivity index (χ3v) is 5.28. The van der Waals surface area contributed by atoms with E-state index >= 15 is 0 Å². The molecule has 3 rings (SSSR count). The molecule has 1 N–H and O–H groups in total. The first-order chi connectivity index (χ1) is 13.3. The van der Waals surface area contributed by atoms with Crippen LogP contribution in [-0.2, 0) is 12.7 Å². The Kier molecular flexibility index (Phi) is 6.67. The molecule has 8 heteroatoms. The third kappa shape index (κ3) is 5.52. The van der Waals surface area contributed by atoms with E-state index in [0.717, 1.165) is 31.1 Å². The molecule has 1 atom stereocenters. The van der Waals surface area contributed by atoms with Crippen molar-refractivity contribution in [2.24, 2.45) is 5.92 Å². The number of nitrogens with one attached hydrogen (secondary N) is 1. The molecule has 1 aliphatic carbocycles. The Morgan fingerprint density at radius 3 is 2.75 bits per heavy atom. The Labute approximate surface area is 172 Å². The lowest BCUT2D eigenvalue weighted by molar-refractivity contribution is -0.137. The fraction of sp³-hybridized carbons (Fsp3) is 0.350. The van der Waals surface area contributed by atoms with Gasteiger partial charge in [0.05, 0.1) is 23.4 Å². The lowest BCUT2D eigenvalue weighted by atomic mass is 9.94. The van der Waals surface area contributed by atoms with Crippen molar-refractivity contribution in [1.29, 1.82) is 0 Å². The van der Waals surface area contributed by atoms with Gasteiger partial charge in [0.25, 0.3) is 0 Å². The monoisotopic (exact) mass is 428 g/mol. The van der Waals surface area contributed by atoms with Crippen molar-refractivity contribution in [1.82, 2.24) is 4.90 Å². The summed E-state index contributed by atoms with van der Waals surface area (Å²) in [5, 5.41) is 2.93. The number of halogens is 4. The zero-order chi connectivity index (χ0) is 20.1. The predicted octanol–water partition coefficient (Wildman–Crippen LogP) is 6.51. The zero-order valence-electron chi connectivity index (χ0n) is 15.0. The highest BCUT2D eigenvalue weighted by Crippen LogP contribution is 2.36. The number of thiocarbonyl (C=S) groups is 1. The van der Waals surface area contributed by atoms with Crippen LogP contribution < -0.4 is 5.32 Å². The van der Waals surface area contributed by atoms with E-state index in [-0.39, 0.29) is 10.7 Å². The number of allylic oxidation sites excluding steroid dienone is 2. The van der Waals surface area contributed by atoms with E-state index in [1.54, 1.807) is 12.3 Å². The normalized spacial score (nSPS) is 16.8. The summed E-state index contributed by atoms with van der Waals surface area (Å²) in [6.07, 6.45) is 4.40. The van der Waals surface area contributed by atoms with Crippen molar-refractivity contribution in [2.75, 3.05) is 11.9 Å². The van der Waals surface area contributed by atoms with Gasteiger partial charge in [-0.2, -0.15) is 13.2 Å². The highest BCUT2D eigenvalue weighted by Gasteiger charge is 2.33. The molecule has 1 unspecified atom stereocenters. The standard InChI is InChI=1S/C20H20ClF3N2OS/c21-18-9-8-15(11-17(18)20(22,23)24)25-19(28)26(13-16-7-4-10-27-16)12-14-5-2-1-3-6-14/h1-2,4,7-11,14H,3,5-6,12-13H2,(H,25,28). The first-order valence-electron chi connectivity index (χ1n) is 8.93. The predicted molar refractivity (Wildman–Crippen MR) is 108 cm³/mol. The fourth-order valence-corrected chi connectivity index (χ4v) is 3.65. The summed E-state index contributed by atoms with van der Waals surface area (Å²) < 4.78 is 44.8. The van der Waals surface area contributed by atoms with Crippen molar-refractivity contribution < 1.29 is 17.6 Å². The number of rotatable bonds is 5. The Bertz CT molecular complexity index is 836. The van der Waals surface area contributed by atoms with Crippen LogP contribution in [0.5, 0.6) is 0 Å². The number of hydrogen-bond donors (Lipinski definition) is 1. The maximum atomic E-state index is 13.1. The second-order valence-corrected chi connectivity index (χ2v) is 7.53. The quantitative estimate of drug-likeness (QED) is 0.434. The summed E-state index contributed by atoms with van der Waals surface area (Å²) in [5.41, 5.74) is -0.647. The molecule has 1 aromatic heterocycles. The summed E-state index contributed by atoms with van der Waals surface area (Å²) in [7, 11) is 0. The lowest BCUT2D eigenvalue weighted by Gasteiger charge is -2.30. The van der Waals surface area contributed by atoms with Crippen LogP contribution in [0.4, 0.5) is 18.9 Å². The molecule has 0 radical (unpaired) electrons. The SMILES string of the molecule is FC(F)(F)c1cc(NC(=S)N(Cc2ccco2)CC2CC=CCC2)ccc1Cl. The van der Waals surface area contributed by atoms with Gasteiger partial charge >= 0.3 is 6.18 Å². The van der Waals surface area contributed by atoms with Crippen LogP contribution in [0.1, 0.15) is 30.6 Å². The second kappa shape index (κ2) is 9.01. The maximum absolute atomic E-state index is 13.1. The van der Waals surface area contributed by atoms with Crippen molar-refractivity contribution in [3.63, 3.8) is 0 Å². The minimum absolute atomic E-state index is 0.245. The number of alkyl halides is 3. The van der Waals surface area contributed by atoms with E-state index in [9.17, 15) is 13.2 Å². The molecule has 1 heterocycles. The largest absolute Gasteiger partial charge is 0.467 e. The molecule has 3 nitrogen and oxygen atoms in total. The van der Waals surface area contributed by atoms with Crippen LogP contribution in [-0.4, -0.2) is 16.6 Å². The van der Waals surface area contributed by atoms with E-state index < -0.39 is 11.7 Å². The van der Waals surface area contributed by atoms with Gasteiger partial charge in [-0.3, -0.25) is 0 Å². The molecule has 0 bridgehead atoms. The van der Waals surface area contributed by atoms with E-state index in [2.05, 4.69) is 17.5 Å². The van der Waals surface area contributed by atoms with E-state index in [1.165, 1.54) is 12.1 Å². The molecule has 1 aliphatic rings. The molecule has 0 saturated heterocycles. The average molecular weight is 429 g/mol. The Morgan fingerprint density at radius 1 is 1.29 bits per heavy atom. The molecule has 0 fully saturated rings. The Morgan fingerprint density at radius 2 is 2.11 bits per heavy atom. The molecule has 0 aliphatic heterocycles. The van der Waals surface area contributed by atoms with Crippen LogP contribution in [0.25, 0.3) is 0 Å². The summed E-state index contributed by atoms with van der Waals surface area (Å²) >= 11 is 11.2. The van der Waals surface area contributed by atoms with Gasteiger partial charge in [0.1, 0.15) is 5.76 Å². The summed E-state index contributed by atoms with van der Waals surface area (Å²) in [6, 6.07) is 7.32. The average Bonchev–Trinajstić information content (AvgIpc) is 3.16. The van der Waals surface area contributed by atoms with Gasteiger partial charge in [0.2, 0.25) is 0 Å². The third-order valence-electron chi connectivity index (χ3n) is 4.59. The molecule has 1 aromatic carbocycles. The number of hydrogen-bond acceptors (Lipinski definition) is 2. The zero-order valence-corrected chi connectivity index (χ0v) is 16.6. The highest BCUT2D eigenvalue weighted by molar-refractivity contribution is 7.80. The van der Waals surface area contributed by atoms with Gasteiger partial charge in [-0.1, -0.05) is 23.8 Å². The Hall–Kier alpha value is -1.99. The summed E-state index contributed by atoms with van der Waals surface area (Å²) in [6.45, 7) is 1.13. The molecule has 28 heavy (non-hydrogen) atoms. The van der Waals surface area contributed by atoms with Gasteiger partial charge in [0.15, 0.2) is 5.11 Å². The van der Waals surface area contributed by atoms with Crippen molar-refractivity contribution in [3.8, 4) is 0 Å². The van der Waals surface area contributed by atoms with Crippen molar-refractivity contribution >= 4 is 34.6 Å². The lowest BCUT2D eigenvalue weighted by Crippen LogP contribution is -2.38. The van der Waals surface area contributed by atoms with Crippen molar-refractivity contribution in [2.45, 2.75) is 32.0 Å². The van der Waals surface area contributed by atoms with Crippen molar-refractivity contribution in [3.05, 3.63) is 65.1 Å². The van der Waals surface area contributed by atoms with Crippen LogP contribution in [0.15, 0.2) is 53.2 Å². The van der Waals surface area contributed by atoms with Crippen LogP contribution >= 0.6 is 23.8 Å². The Balaban J connectivity index is 1.75. The first kappa shape index (κ1) is 20.7. The molecule has 2 aromatic rings. The molecular weight excluding hydrogens is 409 g/mol. The first-order valence-corrected chi connectivity index (χ1v) is 9.71. The van der Waals surface area contributed by atoms with Crippen LogP contribution in [0, 0.1) is 5.92 Å². The van der Waals surface area contributed by atoms with Gasteiger partial charge in [-0.05, 0) is 67.7 Å². The van der Waals surface area contributed by atoms with Crippen LogP contribution in [0.2, 0.25) is 5.02 Å². The molecule has 0 saturated carbocycles. The minimum atomic E-state index is -4.53. The molecule has 0 spiro atoms. The fourth-order valence-electron chi connectivity index (χ4n) is 3.17. The minimum Gasteiger partial charge on any atom is -0.467 e. The second-order valence-electron chi connectivity index (χ2n) is 6.73. The van der Waals surface area contributed by atoms with Gasteiger partial charge in [-0.15, -0.1) is 0 Å².